The third kappa shape index (κ3) is 2.48. The predicted molar refractivity (Wildman–Crippen MR) is 97.5 cm³/mol. The summed E-state index contributed by atoms with van der Waals surface area (Å²) in [6.07, 6.45) is 3.73. The summed E-state index contributed by atoms with van der Waals surface area (Å²) in [5, 5.41) is 14.8. The molecule has 0 spiro atoms. The van der Waals surface area contributed by atoms with Crippen molar-refractivity contribution >= 4 is 16.9 Å². The fourth-order valence-corrected chi connectivity index (χ4v) is 4.18. The van der Waals surface area contributed by atoms with Crippen LogP contribution in [0, 0.1) is 5.92 Å². The largest absolute Gasteiger partial charge is 0.479 e. The van der Waals surface area contributed by atoms with Crippen LogP contribution in [0.4, 0.5) is 0 Å². The Morgan fingerprint density at radius 1 is 1.15 bits per heavy atom. The van der Waals surface area contributed by atoms with Gasteiger partial charge in [-0.3, -0.25) is 0 Å². The molecule has 1 aliphatic carbocycles. The maximum Gasteiger partial charge on any atom is 0.245 e. The van der Waals surface area contributed by atoms with Crippen LogP contribution in [0.1, 0.15) is 24.4 Å². The number of benzene rings is 1. The van der Waals surface area contributed by atoms with Crippen LogP contribution in [0.2, 0.25) is 0 Å². The van der Waals surface area contributed by atoms with Gasteiger partial charge in [0.15, 0.2) is 17.3 Å². The van der Waals surface area contributed by atoms with Gasteiger partial charge < -0.3 is 19.2 Å². The van der Waals surface area contributed by atoms with E-state index in [0.29, 0.717) is 23.5 Å². The van der Waals surface area contributed by atoms with Gasteiger partial charge in [0.25, 0.3) is 0 Å². The highest BCUT2D eigenvalue weighted by Crippen LogP contribution is 2.42. The van der Waals surface area contributed by atoms with Gasteiger partial charge in [-0.2, -0.15) is 4.98 Å². The quantitative estimate of drug-likeness (QED) is 0.762. The monoisotopic (exact) mass is 365 g/mol. The molecular formula is C19H19N5O3. The van der Waals surface area contributed by atoms with Gasteiger partial charge in [-0.15, -0.1) is 0 Å². The van der Waals surface area contributed by atoms with Crippen molar-refractivity contribution < 1.29 is 14.7 Å². The van der Waals surface area contributed by atoms with E-state index in [4.69, 9.17) is 9.57 Å². The summed E-state index contributed by atoms with van der Waals surface area (Å²) < 4.78 is 7.34. The van der Waals surface area contributed by atoms with Crippen molar-refractivity contribution in [3.05, 3.63) is 48.5 Å². The minimum absolute atomic E-state index is 0.0180. The van der Waals surface area contributed by atoms with Gasteiger partial charge in [-0.05, 0) is 18.4 Å². The number of oxime groups is 1. The topological polar surface area (TPSA) is 94.7 Å². The Hall–Kier alpha value is -3.00. The predicted octanol–water partition coefficient (Wildman–Crippen LogP) is 1.95. The normalized spacial score (nSPS) is 27.1. The van der Waals surface area contributed by atoms with Gasteiger partial charge in [0.2, 0.25) is 5.88 Å². The average Bonchev–Trinajstić information content (AvgIpc) is 3.34. The maximum absolute atomic E-state index is 10.5. The first-order valence-corrected chi connectivity index (χ1v) is 8.96. The van der Waals surface area contributed by atoms with E-state index in [1.54, 1.807) is 13.4 Å². The van der Waals surface area contributed by atoms with Gasteiger partial charge in [-0.25, -0.2) is 9.97 Å². The highest BCUT2D eigenvalue weighted by molar-refractivity contribution is 6.03. The molecule has 3 heterocycles. The third-order valence-corrected chi connectivity index (χ3v) is 5.44. The van der Waals surface area contributed by atoms with Gasteiger partial charge in [-0.1, -0.05) is 35.5 Å². The minimum Gasteiger partial charge on any atom is -0.479 e. The molecule has 8 nitrogen and oxygen atoms in total. The molecule has 8 heteroatoms. The van der Waals surface area contributed by atoms with E-state index in [9.17, 15) is 5.11 Å². The SMILES string of the molecule is COc1ncnc2c1ncn2[C@@H]1CC[C@H](O)[C@H]2ON=C(c3ccccc3)[C@H]21. The molecule has 0 radical (unpaired) electrons. The maximum atomic E-state index is 10.5. The van der Waals surface area contributed by atoms with Crippen molar-refractivity contribution in [3.63, 3.8) is 0 Å². The van der Waals surface area contributed by atoms with E-state index < -0.39 is 6.10 Å². The molecule has 1 saturated carbocycles. The lowest BCUT2D eigenvalue weighted by atomic mass is 9.76. The molecule has 27 heavy (non-hydrogen) atoms. The first-order chi connectivity index (χ1) is 13.3. The number of rotatable bonds is 3. The van der Waals surface area contributed by atoms with Crippen LogP contribution >= 0.6 is 0 Å². The number of aromatic nitrogens is 4. The van der Waals surface area contributed by atoms with Gasteiger partial charge in [0, 0.05) is 6.04 Å². The summed E-state index contributed by atoms with van der Waals surface area (Å²) in [5.41, 5.74) is 3.19. The highest BCUT2D eigenvalue weighted by atomic mass is 16.7. The second-order valence-corrected chi connectivity index (χ2v) is 6.86. The lowest BCUT2D eigenvalue weighted by molar-refractivity contribution is -0.0673. The zero-order chi connectivity index (χ0) is 18.4. The van der Waals surface area contributed by atoms with E-state index >= 15 is 0 Å². The zero-order valence-corrected chi connectivity index (χ0v) is 14.8. The van der Waals surface area contributed by atoms with E-state index in [2.05, 4.69) is 20.1 Å². The Labute approximate surface area is 155 Å². The molecule has 1 N–H and O–H groups in total. The molecular weight excluding hydrogens is 346 g/mol. The van der Waals surface area contributed by atoms with Gasteiger partial charge >= 0.3 is 0 Å². The molecule has 138 valence electrons. The smallest absolute Gasteiger partial charge is 0.245 e. The summed E-state index contributed by atoms with van der Waals surface area (Å²) >= 11 is 0. The van der Waals surface area contributed by atoms with Gasteiger partial charge in [0.1, 0.15) is 6.33 Å². The molecule has 0 bridgehead atoms. The second kappa shape index (κ2) is 6.31. The van der Waals surface area contributed by atoms with Crippen molar-refractivity contribution in [2.75, 3.05) is 7.11 Å². The lowest BCUT2D eigenvalue weighted by Gasteiger charge is -2.36. The Morgan fingerprint density at radius 3 is 2.81 bits per heavy atom. The Morgan fingerprint density at radius 2 is 2.00 bits per heavy atom. The molecule has 0 saturated heterocycles. The van der Waals surface area contributed by atoms with Crippen LogP contribution in [0.25, 0.3) is 11.2 Å². The minimum atomic E-state index is -0.546. The van der Waals surface area contributed by atoms with Crippen molar-refractivity contribution in [1.82, 2.24) is 19.5 Å². The third-order valence-electron chi connectivity index (χ3n) is 5.44. The summed E-state index contributed by atoms with van der Waals surface area (Å²) in [4.78, 5) is 18.7. The molecule has 3 aromatic rings. The van der Waals surface area contributed by atoms with Crippen LogP contribution in [-0.4, -0.2) is 49.7 Å². The molecule has 0 unspecified atom stereocenters. The number of hydrogen-bond donors (Lipinski definition) is 1. The van der Waals surface area contributed by atoms with E-state index in [1.165, 1.54) is 6.33 Å². The van der Waals surface area contributed by atoms with E-state index in [0.717, 1.165) is 17.7 Å². The van der Waals surface area contributed by atoms with Crippen LogP contribution in [0.5, 0.6) is 5.88 Å². The lowest BCUT2D eigenvalue weighted by Crippen LogP contribution is -2.44. The average molecular weight is 365 g/mol. The highest BCUT2D eigenvalue weighted by Gasteiger charge is 2.48. The first kappa shape index (κ1) is 16.2. The number of fused-ring (bicyclic) bond motifs is 2. The van der Waals surface area contributed by atoms with Crippen molar-refractivity contribution in [1.29, 1.82) is 0 Å². The van der Waals surface area contributed by atoms with Crippen molar-refractivity contribution in [3.8, 4) is 5.88 Å². The number of aliphatic hydroxyl groups is 1. The summed E-state index contributed by atoms with van der Waals surface area (Å²) in [6.45, 7) is 0. The van der Waals surface area contributed by atoms with E-state index in [1.807, 2.05) is 34.9 Å². The van der Waals surface area contributed by atoms with Crippen LogP contribution in [0.3, 0.4) is 0 Å². The Balaban J connectivity index is 1.61. The summed E-state index contributed by atoms with van der Waals surface area (Å²) in [7, 11) is 1.57. The van der Waals surface area contributed by atoms with E-state index in [-0.39, 0.29) is 18.1 Å². The number of imidazole rings is 1. The first-order valence-electron chi connectivity index (χ1n) is 8.96. The number of hydrogen-bond acceptors (Lipinski definition) is 7. The number of aliphatic hydroxyl groups excluding tert-OH is 1. The molecule has 1 aliphatic heterocycles. The second-order valence-electron chi connectivity index (χ2n) is 6.86. The van der Waals surface area contributed by atoms with Crippen LogP contribution in [0.15, 0.2) is 48.1 Å². The molecule has 2 aromatic heterocycles. The molecule has 1 fully saturated rings. The van der Waals surface area contributed by atoms with Crippen molar-refractivity contribution in [2.24, 2.45) is 11.1 Å². The number of methoxy groups -OCH3 is 1. The Kier molecular flexibility index (Phi) is 3.78. The van der Waals surface area contributed by atoms with Crippen molar-refractivity contribution in [2.45, 2.75) is 31.1 Å². The Bertz CT molecular complexity index is 1000. The number of nitrogens with zero attached hydrogens (tertiary/aromatic N) is 5. The summed E-state index contributed by atoms with van der Waals surface area (Å²) in [5.74, 6) is 0.361. The molecule has 0 amide bonds. The summed E-state index contributed by atoms with van der Waals surface area (Å²) in [6, 6.07) is 9.97. The van der Waals surface area contributed by atoms with Crippen LogP contribution in [-0.2, 0) is 4.84 Å². The van der Waals surface area contributed by atoms with Gasteiger partial charge in [0.05, 0.1) is 31.2 Å². The molecule has 4 atom stereocenters. The zero-order valence-electron chi connectivity index (χ0n) is 14.8. The fraction of sp³-hybridized carbons (Fsp3) is 0.368. The number of ether oxygens (including phenoxy) is 1. The standard InChI is InChI=1S/C19H19N5O3/c1-26-19-16-18(20-9-21-19)24(10-22-16)12-7-8-13(25)17-14(12)15(23-27-17)11-5-3-2-4-6-11/h2-6,9-10,12-14,17,25H,7-8H2,1H3/t12-,13+,14-,17-/m1/s1. The fourth-order valence-electron chi connectivity index (χ4n) is 4.18. The molecule has 2 aliphatic rings. The molecule has 1 aromatic carbocycles. The van der Waals surface area contributed by atoms with Crippen LogP contribution < -0.4 is 4.74 Å². The molecule has 5 rings (SSSR count).